The third kappa shape index (κ3) is 17.8. The van der Waals surface area contributed by atoms with Gasteiger partial charge in [-0.1, -0.05) is 0 Å². The first kappa shape index (κ1) is 61.3. The zero-order valence-electron chi connectivity index (χ0n) is 85.7. The van der Waals surface area contributed by atoms with E-state index in [4.69, 9.17) is 28.8 Å². The molecule has 8 aromatic heterocycles. The molecule has 4 aromatic carbocycles. The molecule has 16 heterocycles. The van der Waals surface area contributed by atoms with E-state index >= 15 is 4.39 Å². The lowest BCUT2D eigenvalue weighted by Gasteiger charge is -2.26. The summed E-state index contributed by atoms with van der Waals surface area (Å²) in [4.78, 5) is 76.4. The van der Waals surface area contributed by atoms with Crippen LogP contribution in [0.4, 0.5) is 100 Å². The van der Waals surface area contributed by atoms with E-state index in [9.17, 15) is 70.3 Å². The standard InChI is InChI=1S/4C21H22F2N6O2/c4*22-13-3-4-16(23)15(10-13)18-2-1-7-28(18)19-6-9-29-20(26-19)17(11-24-29)25-21(31)27-8-5-14(30)12-27/h4*3-4,6,9-11,14,18,30H,1-2,5,7-8,12H2,(H,25,31)/t4*14-,18+/m0000/s1/i1D2,2D2,7D2,8D2,12D2,18D;7D2,18D;5D2,7D2;1D2,18D. The van der Waals surface area contributed by atoms with Crippen LogP contribution in [-0.4, -0.2) is 225 Å². The highest BCUT2D eigenvalue weighted by atomic mass is 19.2. The summed E-state index contributed by atoms with van der Waals surface area (Å²) in [6, 6.07) is 4.98. The van der Waals surface area contributed by atoms with E-state index < -0.39 is 201 Å². The average molecular weight is 1730 g/mol. The van der Waals surface area contributed by atoms with Crippen molar-refractivity contribution in [1.82, 2.24) is 78.0 Å². The number of aliphatic hydroxyl groups excluding tert-OH is 4. The first-order valence-corrected chi connectivity index (χ1v) is 38.6. The van der Waals surface area contributed by atoms with Crippen LogP contribution in [0.15, 0.2) is 147 Å². The molecule has 32 nitrogen and oxygen atoms in total. The van der Waals surface area contributed by atoms with Crippen molar-refractivity contribution in [2.24, 2.45) is 0 Å². The predicted octanol–water partition coefficient (Wildman–Crippen LogP) is 11.8. The van der Waals surface area contributed by atoms with E-state index in [0.717, 1.165) is 87.4 Å². The summed E-state index contributed by atoms with van der Waals surface area (Å²) in [5.74, 6) is -7.11. The van der Waals surface area contributed by atoms with Crippen molar-refractivity contribution in [3.05, 3.63) is 215 Å². The van der Waals surface area contributed by atoms with Crippen molar-refractivity contribution in [3.8, 4) is 0 Å². The van der Waals surface area contributed by atoms with Gasteiger partial charge in [-0.05, 0) is 174 Å². The molecule has 8 amide bonds. The van der Waals surface area contributed by atoms with Crippen LogP contribution >= 0.6 is 0 Å². The van der Waals surface area contributed by atoms with Gasteiger partial charge in [-0.2, -0.15) is 20.4 Å². The minimum absolute atomic E-state index is 0.0151. The minimum atomic E-state index is -3.52. The predicted molar refractivity (Wildman–Crippen MR) is 440 cm³/mol. The quantitative estimate of drug-likeness (QED) is 0.0527. The van der Waals surface area contributed by atoms with Crippen LogP contribution in [0.25, 0.3) is 22.6 Å². The van der Waals surface area contributed by atoms with Crippen molar-refractivity contribution in [1.29, 1.82) is 0 Å². The first-order chi connectivity index (χ1) is 67.7. The number of halogens is 8. The van der Waals surface area contributed by atoms with Crippen LogP contribution in [0, 0.1) is 46.5 Å². The van der Waals surface area contributed by atoms with E-state index in [0.29, 0.717) is 44.1 Å². The summed E-state index contributed by atoms with van der Waals surface area (Å²) in [5.41, 5.74) is -0.864. The number of hydrogen-bond donors (Lipinski definition) is 8. The molecule has 0 saturated carbocycles. The van der Waals surface area contributed by atoms with Gasteiger partial charge in [-0.3, -0.25) is 0 Å². The maximum Gasteiger partial charge on any atom is 0.322 e. The second kappa shape index (κ2) is 35.8. The third-order valence-corrected chi connectivity index (χ3v) is 20.7. The number of benzene rings is 4. The van der Waals surface area contributed by atoms with Gasteiger partial charge in [0, 0.05) is 147 Å². The van der Waals surface area contributed by atoms with Gasteiger partial charge in [0.1, 0.15) is 92.6 Å². The molecule has 8 fully saturated rings. The number of β-amino-alcohol motifs (C(OH)–C–C–N with tert-alkyl or cyclic N) is 4. The Morgan fingerprint density at radius 1 is 0.363 bits per heavy atom. The van der Waals surface area contributed by atoms with Crippen LogP contribution < -0.4 is 40.9 Å². The van der Waals surface area contributed by atoms with Crippen LogP contribution in [0.3, 0.4) is 0 Å². The zero-order valence-corrected chi connectivity index (χ0v) is 64.7. The van der Waals surface area contributed by atoms with Crippen LogP contribution in [0.1, 0.15) is 152 Å². The molecule has 0 aliphatic carbocycles. The normalized spacial score (nSPS) is 29.2. The smallest absolute Gasteiger partial charge is 0.322 e. The van der Waals surface area contributed by atoms with Gasteiger partial charge < -0.3 is 80.9 Å². The number of rotatable bonds is 12. The van der Waals surface area contributed by atoms with E-state index in [1.807, 2.05) is 0 Å². The van der Waals surface area contributed by atoms with Crippen molar-refractivity contribution < 1.29 is 104 Å². The molecule has 124 heavy (non-hydrogen) atoms. The van der Waals surface area contributed by atoms with Crippen molar-refractivity contribution in [2.45, 2.75) is 125 Å². The molecule has 12 aromatic rings. The Bertz CT molecular complexity index is 7050. The number of anilines is 8. The minimum Gasteiger partial charge on any atom is -0.391 e. The molecule has 8 N–H and O–H groups in total. The summed E-state index contributed by atoms with van der Waals surface area (Å²) in [6.07, 6.45) is -4.33. The molecule has 648 valence electrons. The van der Waals surface area contributed by atoms with Gasteiger partial charge in [0.15, 0.2) is 22.6 Å². The van der Waals surface area contributed by atoms with Crippen molar-refractivity contribution >= 4 is 92.7 Å². The molecule has 8 aliphatic rings. The van der Waals surface area contributed by atoms with E-state index in [1.165, 1.54) is 88.5 Å². The van der Waals surface area contributed by atoms with E-state index in [-0.39, 0.29) is 148 Å². The zero-order chi connectivity index (χ0) is 105. The lowest BCUT2D eigenvalue weighted by Crippen LogP contribution is -2.33. The fourth-order valence-corrected chi connectivity index (χ4v) is 14.7. The largest absolute Gasteiger partial charge is 0.391 e. The van der Waals surface area contributed by atoms with Gasteiger partial charge in [0.2, 0.25) is 0 Å². The summed E-state index contributed by atoms with van der Waals surface area (Å²) in [7, 11) is 0. The van der Waals surface area contributed by atoms with Crippen LogP contribution in [0.5, 0.6) is 0 Å². The topological polar surface area (TPSA) is 344 Å². The van der Waals surface area contributed by atoms with E-state index in [2.05, 4.69) is 61.6 Å². The number of aliphatic hydroxyl groups is 4. The van der Waals surface area contributed by atoms with E-state index in [1.54, 1.807) is 0 Å². The highest BCUT2D eigenvalue weighted by Crippen LogP contribution is 2.43. The highest BCUT2D eigenvalue weighted by molar-refractivity contribution is 5.96. The Balaban J connectivity index is 0.000000133. The Kier molecular flexibility index (Phi) is 17.7. The molecular weight excluding hydrogens is 1630 g/mol. The number of carbonyl (C=O) groups excluding carboxylic acids is 4. The van der Waals surface area contributed by atoms with Gasteiger partial charge in [0.05, 0.1) is 80.2 Å². The summed E-state index contributed by atoms with van der Waals surface area (Å²) >= 11 is 0. The van der Waals surface area contributed by atoms with Gasteiger partial charge >= 0.3 is 24.1 Å². The Hall–Kier alpha value is -13.1. The molecule has 0 spiro atoms. The Labute approximate surface area is 732 Å². The fourth-order valence-electron chi connectivity index (χ4n) is 14.7. The molecule has 20 rings (SSSR count). The van der Waals surface area contributed by atoms with Gasteiger partial charge in [-0.25, -0.2) is 92.3 Å². The van der Waals surface area contributed by atoms with Crippen molar-refractivity contribution in [3.63, 3.8) is 0 Å². The third-order valence-electron chi connectivity index (χ3n) is 20.7. The molecule has 0 radical (unpaired) electrons. The number of fused-ring (bicyclic) bond motifs is 4. The number of carbonyl (C=O) groups is 4. The molecule has 8 aliphatic heterocycles. The molecule has 0 unspecified atom stereocenters. The average Bonchev–Trinajstić information content (AvgIpc) is 1.50. The number of urea groups is 4. The maximum absolute atomic E-state index is 15.0. The number of hydrogen-bond acceptors (Lipinski definition) is 20. The van der Waals surface area contributed by atoms with Crippen LogP contribution in [0.2, 0.25) is 0 Å². The fraction of sp³-hybridized carbons (Fsp3) is 0.381. The summed E-state index contributed by atoms with van der Waals surface area (Å²) < 4.78 is 295. The molecule has 40 heteroatoms. The number of nitrogens with one attached hydrogen (secondary N) is 4. The number of aromatic nitrogens is 12. The lowest BCUT2D eigenvalue weighted by molar-refractivity contribution is 0.176. The second-order valence-electron chi connectivity index (χ2n) is 29.0. The maximum atomic E-state index is 15.0. The van der Waals surface area contributed by atoms with Gasteiger partial charge in [0.25, 0.3) is 0 Å². The Morgan fingerprint density at radius 3 is 1.17 bits per heavy atom. The SMILES string of the molecule is [2H]C1([2H])CC[C@]([2H])(c2cc(F)ccc2F)N1c1ccn2ncc(NC(=O)N3CC[C@H](O)C3)c2n1.[2H]C1([2H])CN(C(=O)Nc2cnn3ccc(N4[C@@H](c5cc(F)ccc5F)CCC4([2H])[2H])nc23)C[C@H]1O.[2H]C1([2H])CN(c2ccn3ncc(NC(=O)N4CC[C@H](O)C4)c3n2)[C@@]([2H])(c2cc(F)ccc2F)C1.[2H]C1([2H])C[C@H](O)C([2H])([2H])N1C(=O)Nc1cnn2ccc(N3C([2H])([2H])C([2H])([2H])C([2H])([2H])[C@]3([2H])c3cc(F)ccc3F)nc12. The summed E-state index contributed by atoms with van der Waals surface area (Å²) in [6.45, 7) is -12.3. The number of likely N-dealkylation sites (tertiary alicyclic amines) is 4. The Morgan fingerprint density at radius 2 is 0.742 bits per heavy atom. The van der Waals surface area contributed by atoms with Crippen molar-refractivity contribution in [2.75, 3.05) is 119 Å². The lowest BCUT2D eigenvalue weighted by atomic mass is 10.0. The second-order valence-corrected chi connectivity index (χ2v) is 29.0. The highest BCUT2D eigenvalue weighted by Gasteiger charge is 2.37. The molecule has 8 saturated heterocycles. The van der Waals surface area contributed by atoms with Crippen LogP contribution in [-0.2, 0) is 0 Å². The molecule has 0 bridgehead atoms. The molecular formula is C84H88F8N24O8. The molecule has 8 atom stereocenters. The summed E-state index contributed by atoms with van der Waals surface area (Å²) in [5, 5.41) is 65.7. The number of amides is 8. The number of nitrogens with zero attached hydrogens (tertiary/aromatic N) is 20. The van der Waals surface area contributed by atoms with Gasteiger partial charge in [-0.15, -0.1) is 0 Å². The first-order valence-electron chi connectivity index (χ1n) is 49.1. The monoisotopic (exact) mass is 1730 g/mol.